The van der Waals surface area contributed by atoms with Gasteiger partial charge >= 0.3 is 0 Å². The Balaban J connectivity index is 1.70. The minimum absolute atomic E-state index is 0.121. The Morgan fingerprint density at radius 3 is 2.28 bits per heavy atom. The van der Waals surface area contributed by atoms with E-state index < -0.39 is 5.91 Å². The van der Waals surface area contributed by atoms with Gasteiger partial charge in [-0.1, -0.05) is 36.4 Å². The first-order chi connectivity index (χ1) is 14.1. The topological polar surface area (TPSA) is 89.5 Å². The second-order valence-electron chi connectivity index (χ2n) is 6.10. The quantitative estimate of drug-likeness (QED) is 0.645. The molecule has 0 atom stereocenters. The third-order valence-electron chi connectivity index (χ3n) is 4.17. The van der Waals surface area contributed by atoms with Crippen LogP contribution in [0.4, 0.5) is 5.69 Å². The van der Waals surface area contributed by atoms with Crippen LogP contribution in [0.15, 0.2) is 66.7 Å². The Kier molecular flexibility index (Phi) is 6.42. The van der Waals surface area contributed by atoms with E-state index in [1.165, 1.54) is 7.11 Å². The average molecular weight is 391 g/mol. The molecule has 0 saturated heterocycles. The number of carbonyl (C=O) groups excluding carboxylic acids is 2. The number of methoxy groups -OCH3 is 2. The molecule has 148 valence electrons. The van der Waals surface area contributed by atoms with Crippen LogP contribution in [0.5, 0.6) is 11.5 Å². The predicted molar refractivity (Wildman–Crippen MR) is 109 cm³/mol. The van der Waals surface area contributed by atoms with Crippen LogP contribution in [-0.2, 0) is 6.54 Å². The molecule has 0 unspecified atom stereocenters. The van der Waals surface area contributed by atoms with Crippen molar-refractivity contribution in [3.63, 3.8) is 0 Å². The summed E-state index contributed by atoms with van der Waals surface area (Å²) in [5, 5.41) is 5.53. The lowest BCUT2D eigenvalue weighted by Gasteiger charge is -2.12. The van der Waals surface area contributed by atoms with E-state index in [1.807, 2.05) is 30.3 Å². The van der Waals surface area contributed by atoms with E-state index in [4.69, 9.17) is 9.47 Å². The lowest BCUT2D eigenvalue weighted by Crippen LogP contribution is -2.25. The molecule has 0 fully saturated rings. The first-order valence-electron chi connectivity index (χ1n) is 8.93. The second kappa shape index (κ2) is 9.36. The normalized spacial score (nSPS) is 10.1. The Morgan fingerprint density at radius 1 is 0.862 bits per heavy atom. The summed E-state index contributed by atoms with van der Waals surface area (Å²) in [5.74, 6) is 0.251. The number of nitrogens with one attached hydrogen (secondary N) is 2. The highest BCUT2D eigenvalue weighted by Gasteiger charge is 2.14. The molecule has 0 aliphatic heterocycles. The minimum atomic E-state index is -0.453. The molecule has 0 radical (unpaired) electrons. The van der Waals surface area contributed by atoms with Crippen molar-refractivity contribution in [3.05, 3.63) is 83.7 Å². The van der Waals surface area contributed by atoms with Crippen molar-refractivity contribution < 1.29 is 19.1 Å². The molecule has 3 rings (SSSR count). The Bertz CT molecular complexity index is 1010. The largest absolute Gasteiger partial charge is 0.497 e. The Hall–Kier alpha value is -3.87. The van der Waals surface area contributed by atoms with Gasteiger partial charge in [0.05, 0.1) is 19.9 Å². The SMILES string of the molecule is COc1ccc(NC(=O)c2cccc(C(=O)NCc3ccccc3)n2)c(OC)c1. The summed E-state index contributed by atoms with van der Waals surface area (Å²) in [7, 11) is 3.05. The van der Waals surface area contributed by atoms with Crippen molar-refractivity contribution in [1.82, 2.24) is 10.3 Å². The molecule has 2 N–H and O–H groups in total. The molecule has 0 saturated carbocycles. The van der Waals surface area contributed by atoms with Crippen LogP contribution in [-0.4, -0.2) is 31.0 Å². The van der Waals surface area contributed by atoms with Gasteiger partial charge in [-0.3, -0.25) is 9.59 Å². The van der Waals surface area contributed by atoms with Crippen LogP contribution in [0.25, 0.3) is 0 Å². The van der Waals surface area contributed by atoms with Crippen LogP contribution in [0, 0.1) is 0 Å². The van der Waals surface area contributed by atoms with Gasteiger partial charge in [-0.05, 0) is 29.8 Å². The molecular formula is C22H21N3O4. The predicted octanol–water partition coefficient (Wildman–Crippen LogP) is 3.28. The van der Waals surface area contributed by atoms with E-state index in [0.717, 1.165) is 5.56 Å². The van der Waals surface area contributed by atoms with E-state index in [1.54, 1.807) is 43.5 Å². The number of aromatic nitrogens is 1. The molecule has 29 heavy (non-hydrogen) atoms. The fourth-order valence-corrected chi connectivity index (χ4v) is 2.64. The smallest absolute Gasteiger partial charge is 0.274 e. The number of anilines is 1. The van der Waals surface area contributed by atoms with Gasteiger partial charge in [0.25, 0.3) is 11.8 Å². The maximum Gasteiger partial charge on any atom is 0.274 e. The molecule has 0 spiro atoms. The van der Waals surface area contributed by atoms with Crippen molar-refractivity contribution in [2.75, 3.05) is 19.5 Å². The molecule has 0 aliphatic rings. The Morgan fingerprint density at radius 2 is 1.59 bits per heavy atom. The number of ether oxygens (including phenoxy) is 2. The monoisotopic (exact) mass is 391 g/mol. The van der Waals surface area contributed by atoms with Gasteiger partial charge in [0.2, 0.25) is 0 Å². The van der Waals surface area contributed by atoms with Crippen LogP contribution in [0.2, 0.25) is 0 Å². The third-order valence-corrected chi connectivity index (χ3v) is 4.17. The maximum absolute atomic E-state index is 12.6. The zero-order chi connectivity index (χ0) is 20.6. The van der Waals surface area contributed by atoms with Gasteiger partial charge in [0.1, 0.15) is 22.9 Å². The highest BCUT2D eigenvalue weighted by Crippen LogP contribution is 2.29. The minimum Gasteiger partial charge on any atom is -0.497 e. The lowest BCUT2D eigenvalue weighted by atomic mass is 10.2. The summed E-state index contributed by atoms with van der Waals surface area (Å²) >= 11 is 0. The van der Waals surface area contributed by atoms with Crippen LogP contribution in [0.3, 0.4) is 0 Å². The van der Waals surface area contributed by atoms with Crippen molar-refractivity contribution in [1.29, 1.82) is 0 Å². The van der Waals surface area contributed by atoms with Crippen LogP contribution >= 0.6 is 0 Å². The molecule has 2 aromatic carbocycles. The van der Waals surface area contributed by atoms with E-state index in [0.29, 0.717) is 23.7 Å². The van der Waals surface area contributed by atoms with E-state index in [-0.39, 0.29) is 17.3 Å². The van der Waals surface area contributed by atoms with Gasteiger partial charge in [-0.15, -0.1) is 0 Å². The summed E-state index contributed by atoms with van der Waals surface area (Å²) in [6.45, 7) is 0.376. The zero-order valence-electron chi connectivity index (χ0n) is 16.1. The van der Waals surface area contributed by atoms with E-state index in [9.17, 15) is 9.59 Å². The molecule has 0 aliphatic carbocycles. The first kappa shape index (κ1) is 19.9. The van der Waals surface area contributed by atoms with Crippen molar-refractivity contribution in [3.8, 4) is 11.5 Å². The van der Waals surface area contributed by atoms with Crippen molar-refractivity contribution >= 4 is 17.5 Å². The van der Waals surface area contributed by atoms with Crippen LogP contribution in [0.1, 0.15) is 26.5 Å². The summed E-state index contributed by atoms with van der Waals surface area (Å²) in [6.07, 6.45) is 0. The van der Waals surface area contributed by atoms with E-state index >= 15 is 0 Å². The highest BCUT2D eigenvalue weighted by atomic mass is 16.5. The molecule has 0 bridgehead atoms. The standard InChI is InChI=1S/C22H21N3O4/c1-28-16-11-12-17(20(13-16)29-2)25-22(27)19-10-6-9-18(24-19)21(26)23-14-15-7-4-3-5-8-15/h3-13H,14H2,1-2H3,(H,23,26)(H,25,27). The van der Waals surface area contributed by atoms with Crippen LogP contribution < -0.4 is 20.1 Å². The summed E-state index contributed by atoms with van der Waals surface area (Å²) in [6, 6.07) is 19.3. The van der Waals surface area contributed by atoms with E-state index in [2.05, 4.69) is 15.6 Å². The van der Waals surface area contributed by atoms with Crippen molar-refractivity contribution in [2.45, 2.75) is 6.54 Å². The van der Waals surface area contributed by atoms with Gasteiger partial charge in [-0.2, -0.15) is 0 Å². The fourth-order valence-electron chi connectivity index (χ4n) is 2.64. The third kappa shape index (κ3) is 5.10. The first-order valence-corrected chi connectivity index (χ1v) is 8.93. The molecule has 1 aromatic heterocycles. The summed E-state index contributed by atoms with van der Waals surface area (Å²) < 4.78 is 10.4. The number of pyridine rings is 1. The van der Waals surface area contributed by atoms with Gasteiger partial charge in [-0.25, -0.2) is 4.98 Å². The number of hydrogen-bond acceptors (Lipinski definition) is 5. The summed E-state index contributed by atoms with van der Waals surface area (Å²) in [5.41, 5.74) is 1.73. The summed E-state index contributed by atoms with van der Waals surface area (Å²) in [4.78, 5) is 29.2. The fraction of sp³-hybridized carbons (Fsp3) is 0.136. The number of benzene rings is 2. The number of hydrogen-bond donors (Lipinski definition) is 2. The van der Waals surface area contributed by atoms with Gasteiger partial charge < -0.3 is 20.1 Å². The molecule has 7 heteroatoms. The lowest BCUT2D eigenvalue weighted by molar-refractivity contribution is 0.0945. The van der Waals surface area contributed by atoms with Crippen molar-refractivity contribution in [2.24, 2.45) is 0 Å². The Labute approximate surface area is 168 Å². The number of nitrogens with zero attached hydrogens (tertiary/aromatic N) is 1. The number of rotatable bonds is 7. The molecular weight excluding hydrogens is 370 g/mol. The second-order valence-corrected chi connectivity index (χ2v) is 6.10. The van der Waals surface area contributed by atoms with Gasteiger partial charge in [0.15, 0.2) is 0 Å². The maximum atomic E-state index is 12.6. The highest BCUT2D eigenvalue weighted by molar-refractivity contribution is 6.04. The number of carbonyl (C=O) groups is 2. The molecule has 3 aromatic rings. The number of amides is 2. The van der Waals surface area contributed by atoms with Gasteiger partial charge in [0, 0.05) is 12.6 Å². The average Bonchev–Trinajstić information content (AvgIpc) is 2.78. The molecule has 2 amide bonds. The molecule has 7 nitrogen and oxygen atoms in total. The molecule has 1 heterocycles. The zero-order valence-corrected chi connectivity index (χ0v) is 16.1.